The molecule has 1 heterocycles. The van der Waals surface area contributed by atoms with Crippen molar-refractivity contribution < 1.29 is 14.2 Å². The molecule has 3 heteroatoms. The number of benzene rings is 1. The van der Waals surface area contributed by atoms with E-state index in [9.17, 15) is 0 Å². The van der Waals surface area contributed by atoms with Gasteiger partial charge in [0.05, 0.1) is 32.5 Å². The lowest BCUT2D eigenvalue weighted by molar-refractivity contribution is -0.0912. The van der Waals surface area contributed by atoms with Crippen LogP contribution in [0.15, 0.2) is 18.2 Å². The average molecular weight is 306 g/mol. The fourth-order valence-electron chi connectivity index (χ4n) is 2.71. The maximum absolute atomic E-state index is 5.56. The summed E-state index contributed by atoms with van der Waals surface area (Å²) in [5, 5.41) is 2.65. The van der Waals surface area contributed by atoms with Crippen molar-refractivity contribution in [2.24, 2.45) is 0 Å². The second kappa shape index (κ2) is 9.86. The lowest BCUT2D eigenvalue weighted by atomic mass is 10.1. The van der Waals surface area contributed by atoms with Gasteiger partial charge in [-0.2, -0.15) is 0 Å². The van der Waals surface area contributed by atoms with E-state index in [0.717, 1.165) is 32.2 Å². The summed E-state index contributed by atoms with van der Waals surface area (Å²) in [6.45, 7) is 7.41. The summed E-state index contributed by atoms with van der Waals surface area (Å²) in [6.07, 6.45) is 8.30. The molecule has 2 aliphatic carbocycles. The summed E-state index contributed by atoms with van der Waals surface area (Å²) in [7, 11) is 0. The smallest absolute Gasteiger partial charge is 0.127 e. The SMILES string of the molecule is CCCCCCCC1COCCO1.CCOc1cc2ccc1=2. The molecule has 0 aromatic rings. The van der Waals surface area contributed by atoms with Gasteiger partial charge in [0.25, 0.3) is 0 Å². The zero-order chi connectivity index (χ0) is 15.6. The minimum atomic E-state index is 0.385. The van der Waals surface area contributed by atoms with Crippen LogP contribution in [0.25, 0.3) is 0 Å². The van der Waals surface area contributed by atoms with Gasteiger partial charge in [-0.1, -0.05) is 51.2 Å². The van der Waals surface area contributed by atoms with Crippen molar-refractivity contribution in [3.05, 3.63) is 28.6 Å². The summed E-state index contributed by atoms with van der Waals surface area (Å²) in [6, 6.07) is 6.25. The number of ether oxygens (including phenoxy) is 3. The highest BCUT2D eigenvalue weighted by molar-refractivity contribution is 5.38. The highest BCUT2D eigenvalue weighted by Crippen LogP contribution is 2.23. The lowest BCUT2D eigenvalue weighted by Gasteiger charge is -2.22. The molecule has 3 rings (SSSR count). The van der Waals surface area contributed by atoms with Gasteiger partial charge in [0, 0.05) is 5.22 Å². The van der Waals surface area contributed by atoms with Crippen LogP contribution in [0.1, 0.15) is 52.4 Å². The Morgan fingerprint density at radius 2 is 1.95 bits per heavy atom. The van der Waals surface area contributed by atoms with Crippen molar-refractivity contribution in [1.29, 1.82) is 0 Å². The fraction of sp³-hybridized carbons (Fsp3) is 0.684. The van der Waals surface area contributed by atoms with Gasteiger partial charge >= 0.3 is 0 Å². The third kappa shape index (κ3) is 5.29. The first kappa shape index (κ1) is 17.3. The van der Waals surface area contributed by atoms with E-state index in [1.54, 1.807) is 0 Å². The molecule has 0 saturated carbocycles. The molecule has 1 saturated heterocycles. The zero-order valence-corrected chi connectivity index (χ0v) is 14.1. The van der Waals surface area contributed by atoms with Gasteiger partial charge < -0.3 is 14.2 Å². The molecule has 22 heavy (non-hydrogen) atoms. The van der Waals surface area contributed by atoms with Gasteiger partial charge in [-0.05, 0) is 24.6 Å². The minimum absolute atomic E-state index is 0.385. The molecule has 0 spiro atoms. The van der Waals surface area contributed by atoms with E-state index >= 15 is 0 Å². The Balaban J connectivity index is 0.000000170. The Bertz CT molecular complexity index is 506. The molecule has 124 valence electrons. The summed E-state index contributed by atoms with van der Waals surface area (Å²) in [5.41, 5.74) is 0. The second-order valence-electron chi connectivity index (χ2n) is 5.91. The van der Waals surface area contributed by atoms with Gasteiger partial charge in [-0.25, -0.2) is 0 Å². The molecule has 1 fully saturated rings. The zero-order valence-electron chi connectivity index (χ0n) is 14.1. The molecule has 3 aliphatic rings. The van der Waals surface area contributed by atoms with Gasteiger partial charge in [-0.15, -0.1) is 0 Å². The van der Waals surface area contributed by atoms with E-state index in [0.29, 0.717) is 6.10 Å². The Kier molecular flexibility index (Phi) is 7.75. The van der Waals surface area contributed by atoms with E-state index in [1.807, 2.05) is 6.92 Å². The van der Waals surface area contributed by atoms with Crippen molar-refractivity contribution in [2.45, 2.75) is 58.5 Å². The van der Waals surface area contributed by atoms with Crippen LogP contribution in [-0.2, 0) is 9.47 Å². The Labute approximate surface area is 134 Å². The van der Waals surface area contributed by atoms with E-state index in [2.05, 4.69) is 25.1 Å². The molecule has 3 nitrogen and oxygen atoms in total. The topological polar surface area (TPSA) is 27.7 Å². The fourth-order valence-corrected chi connectivity index (χ4v) is 2.71. The van der Waals surface area contributed by atoms with Crippen LogP contribution in [0.2, 0.25) is 0 Å². The maximum Gasteiger partial charge on any atom is 0.127 e. The van der Waals surface area contributed by atoms with Gasteiger partial charge in [0.2, 0.25) is 0 Å². The minimum Gasteiger partial charge on any atom is -0.493 e. The average Bonchev–Trinajstić information content (AvgIpc) is 2.53. The molecule has 0 amide bonds. The van der Waals surface area contributed by atoms with Crippen LogP contribution < -0.4 is 4.74 Å². The second-order valence-corrected chi connectivity index (χ2v) is 5.91. The molecule has 1 atom stereocenters. The largest absolute Gasteiger partial charge is 0.493 e. The van der Waals surface area contributed by atoms with E-state index in [1.165, 1.54) is 49.0 Å². The summed E-state index contributed by atoms with van der Waals surface area (Å²) in [5.74, 6) is 1.06. The molecule has 1 unspecified atom stereocenters. The predicted octanol–water partition coefficient (Wildman–Crippen LogP) is 4.45. The molecule has 0 N–H and O–H groups in total. The van der Waals surface area contributed by atoms with Crippen molar-refractivity contribution >= 4 is 0 Å². The first-order chi connectivity index (χ1) is 10.8. The van der Waals surface area contributed by atoms with Crippen molar-refractivity contribution in [2.75, 3.05) is 26.4 Å². The summed E-state index contributed by atoms with van der Waals surface area (Å²) < 4.78 is 16.2. The van der Waals surface area contributed by atoms with E-state index in [4.69, 9.17) is 14.2 Å². The van der Waals surface area contributed by atoms with Crippen LogP contribution in [0.5, 0.6) is 5.75 Å². The quantitative estimate of drug-likeness (QED) is 0.674. The van der Waals surface area contributed by atoms with Crippen molar-refractivity contribution in [1.82, 2.24) is 0 Å². The standard InChI is InChI=1S/C11H22O2.C8H8O/c1-2-3-4-5-6-7-11-10-12-8-9-13-11;1-2-9-8-5-6-3-4-7(6)8/h11H,2-10H2,1H3;3-5H,2H2,1H3. The highest BCUT2D eigenvalue weighted by atomic mass is 16.6. The van der Waals surface area contributed by atoms with E-state index in [-0.39, 0.29) is 0 Å². The van der Waals surface area contributed by atoms with Crippen LogP contribution in [0.3, 0.4) is 0 Å². The van der Waals surface area contributed by atoms with Crippen LogP contribution in [0, 0.1) is 10.4 Å². The number of unbranched alkanes of at least 4 members (excludes halogenated alkanes) is 4. The first-order valence-electron chi connectivity index (χ1n) is 8.81. The molecule has 0 radical (unpaired) electrons. The monoisotopic (exact) mass is 306 g/mol. The number of rotatable bonds is 8. The molecule has 1 aliphatic heterocycles. The maximum atomic E-state index is 5.56. The molecule has 0 aromatic carbocycles. The van der Waals surface area contributed by atoms with Crippen LogP contribution >= 0.6 is 0 Å². The van der Waals surface area contributed by atoms with Crippen molar-refractivity contribution in [3.63, 3.8) is 0 Å². The molecular weight excluding hydrogens is 276 g/mol. The Morgan fingerprint density at radius 1 is 1.09 bits per heavy atom. The summed E-state index contributed by atoms with van der Waals surface area (Å²) in [4.78, 5) is 0. The first-order valence-corrected chi connectivity index (χ1v) is 8.81. The van der Waals surface area contributed by atoms with E-state index < -0.39 is 0 Å². The van der Waals surface area contributed by atoms with Crippen LogP contribution in [-0.4, -0.2) is 32.5 Å². The molecule has 0 bridgehead atoms. The third-order valence-electron chi connectivity index (χ3n) is 4.11. The number of hydrogen-bond acceptors (Lipinski definition) is 3. The summed E-state index contributed by atoms with van der Waals surface area (Å²) >= 11 is 0. The lowest BCUT2D eigenvalue weighted by Crippen LogP contribution is -2.28. The van der Waals surface area contributed by atoms with Crippen molar-refractivity contribution in [3.8, 4) is 5.75 Å². The van der Waals surface area contributed by atoms with Crippen LogP contribution in [0.4, 0.5) is 0 Å². The number of hydrogen-bond donors (Lipinski definition) is 0. The Hall–Kier alpha value is -1.06. The van der Waals surface area contributed by atoms with Gasteiger partial charge in [-0.3, -0.25) is 0 Å². The Morgan fingerprint density at radius 3 is 2.50 bits per heavy atom. The third-order valence-corrected chi connectivity index (χ3v) is 4.11. The molecule has 0 aromatic heterocycles. The van der Waals surface area contributed by atoms with Gasteiger partial charge in [0.1, 0.15) is 5.75 Å². The predicted molar refractivity (Wildman–Crippen MR) is 89.2 cm³/mol. The van der Waals surface area contributed by atoms with Gasteiger partial charge in [0.15, 0.2) is 0 Å². The highest BCUT2D eigenvalue weighted by Gasteiger charge is 2.12. The normalized spacial score (nSPS) is 18.4. The molecular formula is C19H30O3.